The van der Waals surface area contributed by atoms with Crippen LogP contribution in [0.3, 0.4) is 0 Å². The Morgan fingerprint density at radius 3 is 2.63 bits per heavy atom. The number of likely N-dealkylation sites (N-methyl/N-ethyl adjacent to an activating group) is 1. The van der Waals surface area contributed by atoms with Crippen molar-refractivity contribution in [2.24, 2.45) is 17.1 Å². The topological polar surface area (TPSA) is 113 Å². The normalized spacial score (nSPS) is 22.4. The summed E-state index contributed by atoms with van der Waals surface area (Å²) in [4.78, 5) is 39.0. The van der Waals surface area contributed by atoms with E-state index < -0.39 is 23.1 Å². The number of aliphatic hydroxyl groups is 1. The predicted octanol–water partition coefficient (Wildman–Crippen LogP) is 0.118. The molecule has 1 aliphatic carbocycles. The predicted molar refractivity (Wildman–Crippen MR) is 99.1 cm³/mol. The number of benzene rings is 1. The van der Waals surface area contributed by atoms with Crippen molar-refractivity contribution in [1.82, 2.24) is 10.2 Å². The first-order valence-corrected chi connectivity index (χ1v) is 9.14. The molecule has 3 rings (SSSR count). The maximum atomic E-state index is 12.9. The van der Waals surface area contributed by atoms with Crippen molar-refractivity contribution in [3.05, 3.63) is 47.0 Å². The Balaban J connectivity index is 1.94. The number of nitrogens with two attached hydrogens (primary N) is 1. The summed E-state index contributed by atoms with van der Waals surface area (Å²) < 4.78 is 0. The molecular formula is C20H25N3O4. The summed E-state index contributed by atoms with van der Waals surface area (Å²) in [6.45, 7) is 0.493. The Kier molecular flexibility index (Phi) is 5.32. The van der Waals surface area contributed by atoms with Crippen molar-refractivity contribution in [3.63, 3.8) is 0 Å². The summed E-state index contributed by atoms with van der Waals surface area (Å²) in [5.74, 6) is -1.35. The van der Waals surface area contributed by atoms with Gasteiger partial charge >= 0.3 is 0 Å². The molecule has 1 aromatic carbocycles. The van der Waals surface area contributed by atoms with E-state index in [9.17, 15) is 14.4 Å². The Morgan fingerprint density at radius 2 is 2.04 bits per heavy atom. The van der Waals surface area contributed by atoms with E-state index in [2.05, 4.69) is 5.32 Å². The third-order valence-electron chi connectivity index (χ3n) is 5.37. The molecule has 2 aliphatic rings. The second kappa shape index (κ2) is 7.52. The van der Waals surface area contributed by atoms with Crippen molar-refractivity contribution in [2.45, 2.75) is 25.8 Å². The first-order valence-electron chi connectivity index (χ1n) is 9.14. The van der Waals surface area contributed by atoms with E-state index in [1.165, 1.54) is 18.0 Å². The first-order chi connectivity index (χ1) is 12.9. The fourth-order valence-corrected chi connectivity index (χ4v) is 3.78. The number of aliphatic hydroxyl groups excluding tert-OH is 1. The average Bonchev–Trinajstić information content (AvgIpc) is 3.49. The van der Waals surface area contributed by atoms with Gasteiger partial charge in [0.15, 0.2) is 0 Å². The van der Waals surface area contributed by atoms with Crippen LogP contribution in [-0.4, -0.2) is 47.9 Å². The lowest BCUT2D eigenvalue weighted by atomic mass is 9.76. The Bertz CT molecular complexity index is 800. The molecule has 1 aliphatic heterocycles. The van der Waals surface area contributed by atoms with E-state index in [1.54, 1.807) is 0 Å². The number of primary amides is 1. The zero-order valence-corrected chi connectivity index (χ0v) is 15.4. The SMILES string of the molecule is CNC(=O)C1=CC(C(N)=O)(C2CC2)CN(Cc2cccc(CCO)c2)C1=O. The van der Waals surface area contributed by atoms with E-state index >= 15 is 0 Å². The zero-order valence-electron chi connectivity index (χ0n) is 15.4. The number of carbonyl (C=O) groups is 3. The molecule has 1 saturated carbocycles. The summed E-state index contributed by atoms with van der Waals surface area (Å²) in [6, 6.07) is 7.58. The van der Waals surface area contributed by atoms with Crippen LogP contribution in [0, 0.1) is 11.3 Å². The van der Waals surface area contributed by atoms with Gasteiger partial charge in [-0.2, -0.15) is 0 Å². The maximum absolute atomic E-state index is 12.9. The molecular weight excluding hydrogens is 346 g/mol. The second-order valence-electron chi connectivity index (χ2n) is 7.27. The average molecular weight is 371 g/mol. The summed E-state index contributed by atoms with van der Waals surface area (Å²) >= 11 is 0. The lowest BCUT2D eigenvalue weighted by Gasteiger charge is -2.39. The van der Waals surface area contributed by atoms with Gasteiger partial charge in [0.1, 0.15) is 5.57 Å². The van der Waals surface area contributed by atoms with E-state index in [0.29, 0.717) is 6.42 Å². The number of nitrogens with one attached hydrogen (secondary N) is 1. The number of nitrogens with zero attached hydrogens (tertiary/aromatic N) is 1. The molecule has 1 fully saturated rings. The van der Waals surface area contributed by atoms with Crippen LogP contribution in [0.15, 0.2) is 35.9 Å². The fourth-order valence-electron chi connectivity index (χ4n) is 3.78. The van der Waals surface area contributed by atoms with Crippen LogP contribution in [0.5, 0.6) is 0 Å². The number of amides is 3. The highest BCUT2D eigenvalue weighted by molar-refractivity contribution is 6.19. The molecule has 0 aromatic heterocycles. The lowest BCUT2D eigenvalue weighted by Crippen LogP contribution is -2.53. The monoisotopic (exact) mass is 371 g/mol. The van der Waals surface area contributed by atoms with Gasteiger partial charge in [-0.15, -0.1) is 0 Å². The van der Waals surface area contributed by atoms with Gasteiger partial charge in [0, 0.05) is 26.7 Å². The van der Waals surface area contributed by atoms with E-state index in [-0.39, 0.29) is 31.2 Å². The Hall–Kier alpha value is -2.67. The van der Waals surface area contributed by atoms with Crippen LogP contribution in [0.25, 0.3) is 0 Å². The van der Waals surface area contributed by atoms with Crippen LogP contribution >= 0.6 is 0 Å². The number of rotatable bonds is 7. The van der Waals surface area contributed by atoms with Gasteiger partial charge in [-0.05, 0) is 42.4 Å². The van der Waals surface area contributed by atoms with Crippen molar-refractivity contribution < 1.29 is 19.5 Å². The highest BCUT2D eigenvalue weighted by Crippen LogP contribution is 2.49. The van der Waals surface area contributed by atoms with Crippen LogP contribution < -0.4 is 11.1 Å². The molecule has 0 spiro atoms. The molecule has 0 bridgehead atoms. The first kappa shape index (κ1) is 19.1. The minimum Gasteiger partial charge on any atom is -0.396 e. The Morgan fingerprint density at radius 1 is 1.33 bits per heavy atom. The minimum absolute atomic E-state index is 0.0269. The van der Waals surface area contributed by atoms with Gasteiger partial charge < -0.3 is 21.1 Å². The van der Waals surface area contributed by atoms with Gasteiger partial charge in [-0.1, -0.05) is 24.3 Å². The largest absolute Gasteiger partial charge is 0.396 e. The molecule has 1 atom stereocenters. The van der Waals surface area contributed by atoms with E-state index in [1.807, 2.05) is 24.3 Å². The number of hydrogen-bond acceptors (Lipinski definition) is 4. The molecule has 1 heterocycles. The highest BCUT2D eigenvalue weighted by atomic mass is 16.3. The molecule has 7 heteroatoms. The summed E-state index contributed by atoms with van der Waals surface area (Å²) in [5, 5.41) is 11.6. The van der Waals surface area contributed by atoms with Gasteiger partial charge in [0.2, 0.25) is 5.91 Å². The summed E-state index contributed by atoms with van der Waals surface area (Å²) in [5.41, 5.74) is 6.54. The van der Waals surface area contributed by atoms with Crippen LogP contribution in [0.2, 0.25) is 0 Å². The zero-order chi connectivity index (χ0) is 19.6. The van der Waals surface area contributed by atoms with Crippen LogP contribution in [-0.2, 0) is 27.3 Å². The van der Waals surface area contributed by atoms with Crippen molar-refractivity contribution in [2.75, 3.05) is 20.2 Å². The van der Waals surface area contributed by atoms with Gasteiger partial charge in [0.05, 0.1) is 5.41 Å². The molecule has 27 heavy (non-hydrogen) atoms. The molecule has 7 nitrogen and oxygen atoms in total. The second-order valence-corrected chi connectivity index (χ2v) is 7.27. The quantitative estimate of drug-likeness (QED) is 0.591. The molecule has 144 valence electrons. The summed E-state index contributed by atoms with van der Waals surface area (Å²) in [7, 11) is 1.46. The third kappa shape index (κ3) is 3.73. The van der Waals surface area contributed by atoms with Crippen molar-refractivity contribution >= 4 is 17.7 Å². The van der Waals surface area contributed by atoms with Crippen molar-refractivity contribution in [3.8, 4) is 0 Å². The molecule has 1 unspecified atom stereocenters. The Labute approximate surface area is 158 Å². The highest BCUT2D eigenvalue weighted by Gasteiger charge is 2.53. The van der Waals surface area contributed by atoms with Crippen molar-refractivity contribution in [1.29, 1.82) is 0 Å². The summed E-state index contributed by atoms with van der Waals surface area (Å²) in [6.07, 6.45) is 3.73. The van der Waals surface area contributed by atoms with E-state index in [0.717, 1.165) is 24.0 Å². The molecule has 1 aromatic rings. The van der Waals surface area contributed by atoms with Gasteiger partial charge in [-0.25, -0.2) is 0 Å². The number of carbonyl (C=O) groups excluding carboxylic acids is 3. The molecule has 4 N–H and O–H groups in total. The lowest BCUT2D eigenvalue weighted by molar-refractivity contribution is -0.137. The fraction of sp³-hybridized carbons (Fsp3) is 0.450. The molecule has 0 radical (unpaired) electrons. The van der Waals surface area contributed by atoms with Gasteiger partial charge in [-0.3, -0.25) is 14.4 Å². The number of hydrogen-bond donors (Lipinski definition) is 3. The van der Waals surface area contributed by atoms with Gasteiger partial charge in [0.25, 0.3) is 11.8 Å². The van der Waals surface area contributed by atoms with E-state index in [4.69, 9.17) is 10.8 Å². The third-order valence-corrected chi connectivity index (χ3v) is 5.37. The smallest absolute Gasteiger partial charge is 0.259 e. The van der Waals surface area contributed by atoms with Crippen LogP contribution in [0.1, 0.15) is 24.0 Å². The maximum Gasteiger partial charge on any atom is 0.259 e. The van der Waals surface area contributed by atoms with Crippen LogP contribution in [0.4, 0.5) is 0 Å². The molecule has 3 amide bonds. The minimum atomic E-state index is -1.00. The standard InChI is InChI=1S/C20H25N3O4/c1-22-17(25)16-10-20(19(21)27,15-5-6-15)12-23(18(16)26)11-14-4-2-3-13(9-14)7-8-24/h2-4,9-10,15,24H,5-8,11-12H2,1H3,(H2,21,27)(H,22,25). The molecule has 0 saturated heterocycles.